The van der Waals surface area contributed by atoms with E-state index in [9.17, 15) is 0 Å². The van der Waals surface area contributed by atoms with E-state index in [1.54, 1.807) is 0 Å². The van der Waals surface area contributed by atoms with Crippen molar-refractivity contribution in [3.05, 3.63) is 127 Å². The molecule has 0 nitrogen and oxygen atoms in total. The van der Waals surface area contributed by atoms with Crippen LogP contribution in [0.1, 0.15) is 16.7 Å². The molecule has 0 unspecified atom stereocenters. The molecule has 0 spiro atoms. The van der Waals surface area contributed by atoms with Crippen molar-refractivity contribution in [2.75, 3.05) is 0 Å². The molecule has 0 radical (unpaired) electrons. The van der Waals surface area contributed by atoms with Gasteiger partial charge < -0.3 is 19.3 Å². The molecule has 0 heterocycles. The molecule has 3 rings (SSSR count). The summed E-state index contributed by atoms with van der Waals surface area (Å²) in [5.74, 6) is 6.83. The predicted octanol–water partition coefficient (Wildman–Crippen LogP) is 4.87. The minimum absolute atomic E-state index is 0. The summed E-state index contributed by atoms with van der Waals surface area (Å²) in [4.78, 5) is 0. The van der Waals surface area contributed by atoms with Gasteiger partial charge in [0.15, 0.2) is 0 Å². The van der Waals surface area contributed by atoms with Gasteiger partial charge in [0.25, 0.3) is 0 Å². The van der Waals surface area contributed by atoms with E-state index < -0.39 is 0 Å². The molecule has 0 aromatic heterocycles. The van der Waals surface area contributed by atoms with Crippen LogP contribution in [0.3, 0.4) is 0 Å². The average Bonchev–Trinajstić information content (AvgIpc) is 2.71. The van der Waals surface area contributed by atoms with Crippen LogP contribution in [-0.4, -0.2) is 0 Å². The third-order valence-electron chi connectivity index (χ3n) is 2.75. The molecule has 0 atom stereocenters. The smallest absolute Gasteiger partial charge is 0.366 e. The van der Waals surface area contributed by atoms with Crippen molar-refractivity contribution >= 4 is 0 Å². The fourth-order valence-electron chi connectivity index (χ4n) is 1.56. The van der Waals surface area contributed by atoms with Gasteiger partial charge in [-0.3, -0.25) is 17.8 Å². The van der Waals surface area contributed by atoms with Crippen molar-refractivity contribution in [3.63, 3.8) is 0 Å². The molecule has 0 saturated carbocycles. The van der Waals surface area contributed by atoms with E-state index in [1.165, 1.54) is 0 Å². The predicted molar refractivity (Wildman–Crippen MR) is 98.0 cm³/mol. The number of benzene rings is 3. The molecule has 0 aliphatic carbocycles. The van der Waals surface area contributed by atoms with Crippen molar-refractivity contribution < 1.29 is 25.8 Å². The first kappa shape index (κ1) is 22.2. The number of hydrogen-bond donors (Lipinski definition) is 0. The molecule has 0 aliphatic rings. The Labute approximate surface area is 170 Å². The summed E-state index contributed by atoms with van der Waals surface area (Å²) in [5, 5.41) is 0. The van der Waals surface area contributed by atoms with Gasteiger partial charge in [0, 0.05) is 0 Å². The van der Waals surface area contributed by atoms with Crippen LogP contribution in [0.5, 0.6) is 0 Å². The molecule has 0 bridgehead atoms. The summed E-state index contributed by atoms with van der Waals surface area (Å²) in [7, 11) is 0. The van der Waals surface area contributed by atoms with E-state index >= 15 is 0 Å². The van der Waals surface area contributed by atoms with Gasteiger partial charge in [-0.1, -0.05) is 54.6 Å². The fraction of sp³-hybridized carbons (Fsp3) is 0. The molecule has 0 aliphatic heterocycles. The Morgan fingerprint density at radius 1 is 0.400 bits per heavy atom. The van der Waals surface area contributed by atoms with E-state index in [-0.39, 0.29) is 25.8 Å². The van der Waals surface area contributed by atoms with Gasteiger partial charge in [0.1, 0.15) is 0 Å². The molecule has 0 amide bonds. The SMILES string of the molecule is [C-]#Cc1ccccc1.[C-]#Cc1ccccc1.[C-]#Cc1ccccc1.[Sc+3]. The van der Waals surface area contributed by atoms with Crippen LogP contribution in [0.15, 0.2) is 91.0 Å². The maximum atomic E-state index is 6.69. The summed E-state index contributed by atoms with van der Waals surface area (Å²) in [6.07, 6.45) is 20.1. The van der Waals surface area contributed by atoms with Crippen LogP contribution in [0.2, 0.25) is 0 Å². The van der Waals surface area contributed by atoms with E-state index in [0.717, 1.165) is 16.7 Å². The Morgan fingerprint density at radius 3 is 0.720 bits per heavy atom. The maximum Gasteiger partial charge on any atom is 3.00 e. The normalized spacial score (nSPS) is 7.56. The number of hydrogen-bond acceptors (Lipinski definition) is 0. The Kier molecular flexibility index (Phi) is 13.1. The molecule has 1 heteroatoms. The molecule has 0 N–H and O–H groups in total. The minimum atomic E-state index is 0. The second kappa shape index (κ2) is 14.8. The zero-order valence-corrected chi connectivity index (χ0v) is 15.5. The third kappa shape index (κ3) is 10.6. The zero-order valence-electron chi connectivity index (χ0n) is 13.7. The maximum absolute atomic E-state index is 6.69. The van der Waals surface area contributed by atoms with Gasteiger partial charge in [0.05, 0.1) is 0 Å². The van der Waals surface area contributed by atoms with Gasteiger partial charge in [-0.25, -0.2) is 0 Å². The van der Waals surface area contributed by atoms with Crippen LogP contribution >= 0.6 is 0 Å². The molecular formula is C24H15Sc. The Hall–Kier alpha value is -2.79. The molecular weight excluding hydrogens is 333 g/mol. The second-order valence-corrected chi connectivity index (χ2v) is 4.47. The molecule has 25 heavy (non-hydrogen) atoms. The van der Waals surface area contributed by atoms with Crippen LogP contribution in [0.25, 0.3) is 0 Å². The first-order valence-corrected chi connectivity index (χ1v) is 7.23. The monoisotopic (exact) mass is 348 g/mol. The second-order valence-electron chi connectivity index (χ2n) is 4.47. The van der Waals surface area contributed by atoms with Crippen LogP contribution in [0.4, 0.5) is 0 Å². The van der Waals surface area contributed by atoms with E-state index in [0.29, 0.717) is 0 Å². The quantitative estimate of drug-likeness (QED) is 0.402. The molecule has 114 valence electrons. The van der Waals surface area contributed by atoms with Crippen molar-refractivity contribution in [1.82, 2.24) is 0 Å². The van der Waals surface area contributed by atoms with Crippen LogP contribution in [0, 0.1) is 37.0 Å². The Bertz CT molecular complexity index is 697. The van der Waals surface area contributed by atoms with Gasteiger partial charge >= 0.3 is 25.8 Å². The van der Waals surface area contributed by atoms with Gasteiger partial charge in [-0.2, -0.15) is 0 Å². The summed E-state index contributed by atoms with van der Waals surface area (Å²) in [5.41, 5.74) is 2.48. The van der Waals surface area contributed by atoms with Crippen LogP contribution < -0.4 is 0 Å². The summed E-state index contributed by atoms with van der Waals surface area (Å²) >= 11 is 0. The first-order valence-electron chi connectivity index (χ1n) is 7.23. The summed E-state index contributed by atoms with van der Waals surface area (Å²) in [6, 6.07) is 28.1. The van der Waals surface area contributed by atoms with Crippen molar-refractivity contribution in [1.29, 1.82) is 0 Å². The number of rotatable bonds is 0. The summed E-state index contributed by atoms with van der Waals surface area (Å²) in [6.45, 7) is 0. The molecule has 3 aromatic rings. The fourth-order valence-corrected chi connectivity index (χ4v) is 1.56. The standard InChI is InChI=1S/3C8H5.Sc/c3*1-2-8-6-4-3-5-7-8;/h3*3-7H;/q3*-1;+3. The Morgan fingerprint density at radius 2 is 0.600 bits per heavy atom. The molecule has 3 aromatic carbocycles. The third-order valence-corrected chi connectivity index (χ3v) is 2.75. The van der Waals surface area contributed by atoms with E-state index in [4.69, 9.17) is 19.3 Å². The summed E-state index contributed by atoms with van der Waals surface area (Å²) < 4.78 is 0. The van der Waals surface area contributed by atoms with Gasteiger partial charge in [-0.15, -0.1) is 53.1 Å². The molecule has 0 saturated heterocycles. The topological polar surface area (TPSA) is 0 Å². The van der Waals surface area contributed by atoms with Crippen molar-refractivity contribution in [2.45, 2.75) is 0 Å². The molecule has 0 fully saturated rings. The van der Waals surface area contributed by atoms with E-state index in [2.05, 4.69) is 17.8 Å². The van der Waals surface area contributed by atoms with E-state index in [1.807, 2.05) is 91.0 Å². The minimum Gasteiger partial charge on any atom is -0.366 e. The Balaban J connectivity index is 0.000000339. The first-order chi connectivity index (χ1) is 11.8. The van der Waals surface area contributed by atoms with Crippen molar-refractivity contribution in [3.8, 4) is 17.8 Å². The zero-order chi connectivity index (χ0) is 17.5. The van der Waals surface area contributed by atoms with Crippen molar-refractivity contribution in [2.24, 2.45) is 0 Å². The van der Waals surface area contributed by atoms with Gasteiger partial charge in [-0.05, 0) is 0 Å². The largest absolute Gasteiger partial charge is 3.00 e. The van der Waals surface area contributed by atoms with Gasteiger partial charge in [0.2, 0.25) is 0 Å². The van der Waals surface area contributed by atoms with Crippen LogP contribution in [-0.2, 0) is 25.8 Å². The average molecular weight is 348 g/mol.